The molecule has 24 heavy (non-hydrogen) atoms. The summed E-state index contributed by atoms with van der Waals surface area (Å²) >= 11 is 0. The molecule has 1 atom stereocenters. The van der Waals surface area contributed by atoms with Crippen molar-refractivity contribution in [2.24, 2.45) is 5.73 Å². The predicted molar refractivity (Wildman–Crippen MR) is 96.3 cm³/mol. The van der Waals surface area contributed by atoms with E-state index in [0.29, 0.717) is 17.9 Å². The van der Waals surface area contributed by atoms with E-state index >= 15 is 0 Å². The van der Waals surface area contributed by atoms with Crippen molar-refractivity contribution in [1.29, 1.82) is 0 Å². The van der Waals surface area contributed by atoms with Gasteiger partial charge in [0.2, 0.25) is 0 Å². The number of amides is 1. The molecule has 2 rings (SSSR count). The number of rotatable bonds is 6. The molecule has 3 N–H and O–H groups in total. The molecular weight excluding hydrogens is 356 g/mol. The fraction of sp³-hybridized carbons (Fsp3) is 0.312. The Balaban J connectivity index is 0.00000264. The van der Waals surface area contributed by atoms with Crippen molar-refractivity contribution in [3.05, 3.63) is 59.3 Å². The minimum atomic E-state index is -0.293. The first-order valence-electron chi connectivity index (χ1n) is 6.99. The van der Waals surface area contributed by atoms with Gasteiger partial charge < -0.3 is 20.4 Å². The van der Waals surface area contributed by atoms with Crippen LogP contribution in [-0.4, -0.2) is 31.4 Å². The number of carbonyl (C=O) groups excluding carboxylic acids is 1. The summed E-state index contributed by atoms with van der Waals surface area (Å²) in [4.78, 5) is 14.0. The third-order valence-electron chi connectivity index (χ3n) is 3.43. The summed E-state index contributed by atoms with van der Waals surface area (Å²) in [5.41, 5.74) is 6.68. The zero-order chi connectivity index (χ0) is 16.1. The first-order valence-corrected chi connectivity index (χ1v) is 6.99. The number of furan rings is 1. The lowest BCUT2D eigenvalue weighted by atomic mass is 10.1. The standard InChI is InChI=1S/C16H20FN3O2.2ClH/c1-20(2)15(11-4-3-5-13(17)6-11)9-19-16(21)12-7-14(8-18)22-10-12;;/h3-7,10,15H,8-9,18H2,1-2H3,(H,19,21);2*1H. The van der Waals surface area contributed by atoms with Crippen LogP contribution in [0.25, 0.3) is 0 Å². The molecule has 134 valence electrons. The SMILES string of the molecule is CN(C)C(CNC(=O)c1coc(CN)c1)c1cccc(F)c1.Cl.Cl. The fourth-order valence-electron chi connectivity index (χ4n) is 2.21. The van der Waals surface area contributed by atoms with E-state index in [1.807, 2.05) is 25.1 Å². The Morgan fingerprint density at radius 3 is 2.58 bits per heavy atom. The van der Waals surface area contributed by atoms with Crippen LogP contribution in [0.5, 0.6) is 0 Å². The minimum Gasteiger partial charge on any atom is -0.467 e. The molecule has 1 unspecified atom stereocenters. The van der Waals surface area contributed by atoms with E-state index in [-0.39, 0.29) is 49.1 Å². The van der Waals surface area contributed by atoms with Gasteiger partial charge in [0.25, 0.3) is 5.91 Å². The lowest BCUT2D eigenvalue weighted by molar-refractivity contribution is 0.0941. The molecule has 0 saturated carbocycles. The molecule has 1 amide bonds. The van der Waals surface area contributed by atoms with Crippen molar-refractivity contribution in [2.45, 2.75) is 12.6 Å². The molecule has 0 bridgehead atoms. The average Bonchev–Trinajstić information content (AvgIpc) is 2.96. The molecule has 0 aliphatic heterocycles. The Bertz CT molecular complexity index is 650. The van der Waals surface area contributed by atoms with E-state index in [4.69, 9.17) is 10.2 Å². The first-order chi connectivity index (χ1) is 10.5. The zero-order valence-electron chi connectivity index (χ0n) is 13.5. The molecule has 5 nitrogen and oxygen atoms in total. The monoisotopic (exact) mass is 377 g/mol. The largest absolute Gasteiger partial charge is 0.467 e. The van der Waals surface area contributed by atoms with Gasteiger partial charge in [-0.1, -0.05) is 12.1 Å². The van der Waals surface area contributed by atoms with Crippen LogP contribution in [0, 0.1) is 5.82 Å². The second-order valence-electron chi connectivity index (χ2n) is 5.25. The van der Waals surface area contributed by atoms with Gasteiger partial charge in [0.05, 0.1) is 18.2 Å². The van der Waals surface area contributed by atoms with Crippen molar-refractivity contribution in [2.75, 3.05) is 20.6 Å². The van der Waals surface area contributed by atoms with Gasteiger partial charge in [0.15, 0.2) is 0 Å². The Morgan fingerprint density at radius 2 is 2.04 bits per heavy atom. The number of hydrogen-bond donors (Lipinski definition) is 2. The van der Waals surface area contributed by atoms with Gasteiger partial charge in [0.1, 0.15) is 17.8 Å². The van der Waals surface area contributed by atoms with E-state index in [2.05, 4.69) is 5.32 Å². The zero-order valence-corrected chi connectivity index (χ0v) is 15.1. The van der Waals surface area contributed by atoms with E-state index < -0.39 is 0 Å². The third-order valence-corrected chi connectivity index (χ3v) is 3.43. The van der Waals surface area contributed by atoms with Gasteiger partial charge >= 0.3 is 0 Å². The molecular formula is C16H22Cl2FN3O2. The van der Waals surface area contributed by atoms with Gasteiger partial charge in [-0.15, -0.1) is 24.8 Å². The summed E-state index contributed by atoms with van der Waals surface area (Å²) in [5.74, 6) is 0.0178. The van der Waals surface area contributed by atoms with Gasteiger partial charge in [-0.2, -0.15) is 0 Å². The summed E-state index contributed by atoms with van der Waals surface area (Å²) < 4.78 is 18.5. The van der Waals surface area contributed by atoms with Gasteiger partial charge in [-0.3, -0.25) is 4.79 Å². The second kappa shape index (κ2) is 10.3. The van der Waals surface area contributed by atoms with Crippen LogP contribution < -0.4 is 11.1 Å². The number of nitrogens with zero attached hydrogens (tertiary/aromatic N) is 1. The number of nitrogens with two attached hydrogens (primary N) is 1. The van der Waals surface area contributed by atoms with Crippen molar-refractivity contribution >= 4 is 30.7 Å². The molecule has 2 aromatic rings. The number of halogens is 3. The maximum absolute atomic E-state index is 13.4. The molecule has 0 fully saturated rings. The molecule has 0 aliphatic carbocycles. The van der Waals surface area contributed by atoms with E-state index in [1.54, 1.807) is 12.1 Å². The van der Waals surface area contributed by atoms with Crippen LogP contribution >= 0.6 is 24.8 Å². The lowest BCUT2D eigenvalue weighted by Gasteiger charge is -2.25. The van der Waals surface area contributed by atoms with Crippen LogP contribution in [-0.2, 0) is 6.54 Å². The van der Waals surface area contributed by atoms with E-state index in [9.17, 15) is 9.18 Å². The lowest BCUT2D eigenvalue weighted by Crippen LogP contribution is -2.34. The maximum atomic E-state index is 13.4. The number of nitrogens with one attached hydrogen (secondary N) is 1. The molecule has 0 spiro atoms. The Hall–Kier alpha value is -1.60. The van der Waals surface area contributed by atoms with Gasteiger partial charge in [-0.05, 0) is 37.9 Å². The van der Waals surface area contributed by atoms with Crippen molar-refractivity contribution in [1.82, 2.24) is 10.2 Å². The second-order valence-corrected chi connectivity index (χ2v) is 5.25. The molecule has 1 aromatic heterocycles. The van der Waals surface area contributed by atoms with E-state index in [1.165, 1.54) is 18.4 Å². The highest BCUT2D eigenvalue weighted by atomic mass is 35.5. The number of hydrogen-bond acceptors (Lipinski definition) is 4. The number of carbonyl (C=O) groups is 1. The van der Waals surface area contributed by atoms with Crippen LogP contribution in [0.2, 0.25) is 0 Å². The number of benzene rings is 1. The third kappa shape index (κ3) is 5.79. The summed E-state index contributed by atoms with van der Waals surface area (Å²) in [5, 5.41) is 2.83. The van der Waals surface area contributed by atoms with Crippen molar-refractivity contribution in [3.63, 3.8) is 0 Å². The summed E-state index contributed by atoms with van der Waals surface area (Å²) in [7, 11) is 3.76. The minimum absolute atomic E-state index is 0. The Kier molecular flexibility index (Phi) is 9.62. The van der Waals surface area contributed by atoms with Gasteiger partial charge in [-0.25, -0.2) is 4.39 Å². The fourth-order valence-corrected chi connectivity index (χ4v) is 2.21. The maximum Gasteiger partial charge on any atom is 0.254 e. The Morgan fingerprint density at radius 1 is 1.33 bits per heavy atom. The smallest absolute Gasteiger partial charge is 0.254 e. The van der Waals surface area contributed by atoms with Crippen LogP contribution in [0.3, 0.4) is 0 Å². The average molecular weight is 378 g/mol. The highest BCUT2D eigenvalue weighted by molar-refractivity contribution is 5.94. The van der Waals surface area contributed by atoms with Crippen molar-refractivity contribution < 1.29 is 13.6 Å². The topological polar surface area (TPSA) is 71.5 Å². The highest BCUT2D eigenvalue weighted by Gasteiger charge is 2.17. The molecule has 0 radical (unpaired) electrons. The molecule has 8 heteroatoms. The molecule has 0 aliphatic rings. The molecule has 0 saturated heterocycles. The quantitative estimate of drug-likeness (QED) is 0.811. The first kappa shape index (κ1) is 22.4. The summed E-state index contributed by atoms with van der Waals surface area (Å²) in [6.45, 7) is 0.606. The predicted octanol–water partition coefficient (Wildman–Crippen LogP) is 2.75. The van der Waals surface area contributed by atoms with Gasteiger partial charge in [0, 0.05) is 6.54 Å². The highest BCUT2D eigenvalue weighted by Crippen LogP contribution is 2.18. The Labute approximate surface area is 153 Å². The normalized spacial score (nSPS) is 11.4. The van der Waals surface area contributed by atoms with Crippen molar-refractivity contribution in [3.8, 4) is 0 Å². The molecule has 1 heterocycles. The van der Waals surface area contributed by atoms with Crippen LogP contribution in [0.4, 0.5) is 4.39 Å². The summed E-state index contributed by atoms with van der Waals surface area (Å²) in [6.07, 6.45) is 1.38. The van der Waals surface area contributed by atoms with E-state index in [0.717, 1.165) is 5.56 Å². The number of likely N-dealkylation sites (N-methyl/N-ethyl adjacent to an activating group) is 1. The van der Waals surface area contributed by atoms with Crippen LogP contribution in [0.1, 0.15) is 27.7 Å². The summed E-state index contributed by atoms with van der Waals surface area (Å²) in [6, 6.07) is 7.86. The molecule has 1 aromatic carbocycles. The van der Waals surface area contributed by atoms with Crippen LogP contribution in [0.15, 0.2) is 41.0 Å².